The zero-order valence-electron chi connectivity index (χ0n) is 10.3. The number of halogens is 3. The Bertz CT molecular complexity index is 479. The molecule has 1 heterocycles. The van der Waals surface area contributed by atoms with Crippen molar-refractivity contribution in [3.63, 3.8) is 0 Å². The lowest BCUT2D eigenvalue weighted by atomic mass is 10.3. The van der Waals surface area contributed by atoms with Crippen LogP contribution in [0.4, 0.5) is 13.2 Å². The van der Waals surface area contributed by atoms with Gasteiger partial charge in [-0.2, -0.15) is 0 Å². The fourth-order valence-corrected chi connectivity index (χ4v) is 2.05. The summed E-state index contributed by atoms with van der Waals surface area (Å²) in [5.41, 5.74) is 2.33. The number of thioether (sulfide) groups is 1. The first kappa shape index (κ1) is 14.6. The highest BCUT2D eigenvalue weighted by Gasteiger charge is 2.31. The smallest absolute Gasteiger partial charge is 0.480 e. The molecule has 110 valence electrons. The first-order valence-electron chi connectivity index (χ1n) is 5.55. The maximum absolute atomic E-state index is 12.0. The van der Waals surface area contributed by atoms with E-state index in [1.54, 1.807) is 6.92 Å². The SMILES string of the molecule is CC(Oc1ccc(OC(F)(F)F)cc1)SC1=NNCO1. The zero-order chi connectivity index (χ0) is 14.6. The van der Waals surface area contributed by atoms with E-state index < -0.39 is 6.36 Å². The second-order valence-electron chi connectivity index (χ2n) is 3.65. The van der Waals surface area contributed by atoms with Crippen molar-refractivity contribution in [2.75, 3.05) is 6.73 Å². The molecule has 9 heteroatoms. The van der Waals surface area contributed by atoms with Gasteiger partial charge in [0.05, 0.1) is 0 Å². The number of nitrogens with one attached hydrogen (secondary N) is 1. The van der Waals surface area contributed by atoms with E-state index in [4.69, 9.17) is 9.47 Å². The van der Waals surface area contributed by atoms with Crippen LogP contribution in [0.25, 0.3) is 0 Å². The van der Waals surface area contributed by atoms with E-state index in [9.17, 15) is 13.2 Å². The van der Waals surface area contributed by atoms with Crippen LogP contribution < -0.4 is 14.9 Å². The third kappa shape index (κ3) is 4.72. The van der Waals surface area contributed by atoms with Gasteiger partial charge in [-0.1, -0.05) is 0 Å². The zero-order valence-corrected chi connectivity index (χ0v) is 11.1. The summed E-state index contributed by atoms with van der Waals surface area (Å²) in [6.07, 6.45) is -4.70. The molecular formula is C11H11F3N2O3S. The van der Waals surface area contributed by atoms with Gasteiger partial charge < -0.3 is 14.2 Å². The quantitative estimate of drug-likeness (QED) is 0.867. The van der Waals surface area contributed by atoms with E-state index in [1.807, 2.05) is 0 Å². The normalized spacial score (nSPS) is 15.9. The summed E-state index contributed by atoms with van der Waals surface area (Å²) in [6.45, 7) is 2.09. The number of ether oxygens (including phenoxy) is 3. The molecule has 1 unspecified atom stereocenters. The summed E-state index contributed by atoms with van der Waals surface area (Å²) in [6, 6.07) is 5.16. The van der Waals surface area contributed by atoms with Crippen molar-refractivity contribution in [2.24, 2.45) is 5.10 Å². The van der Waals surface area contributed by atoms with E-state index in [-0.39, 0.29) is 11.2 Å². The third-order valence-electron chi connectivity index (χ3n) is 2.06. The van der Waals surface area contributed by atoms with Crippen LogP contribution in [-0.4, -0.2) is 23.8 Å². The predicted octanol–water partition coefficient (Wildman–Crippen LogP) is 2.89. The van der Waals surface area contributed by atoms with Gasteiger partial charge in [-0.05, 0) is 43.0 Å². The topological polar surface area (TPSA) is 52.1 Å². The number of hydrogen-bond acceptors (Lipinski definition) is 6. The first-order valence-corrected chi connectivity index (χ1v) is 6.43. The van der Waals surface area contributed by atoms with Crippen LogP contribution in [0.5, 0.6) is 11.5 Å². The number of hydrazone groups is 1. The number of nitrogens with zero attached hydrogens (tertiary/aromatic N) is 1. The first-order chi connectivity index (χ1) is 9.42. The molecule has 1 aromatic carbocycles. The molecule has 1 atom stereocenters. The van der Waals surface area contributed by atoms with Crippen LogP contribution in [-0.2, 0) is 4.74 Å². The molecule has 1 aliphatic rings. The minimum Gasteiger partial charge on any atom is -0.480 e. The second kappa shape index (κ2) is 6.12. The van der Waals surface area contributed by atoms with Gasteiger partial charge in [0, 0.05) is 0 Å². The molecule has 20 heavy (non-hydrogen) atoms. The summed E-state index contributed by atoms with van der Waals surface area (Å²) in [4.78, 5) is 0. The van der Waals surface area contributed by atoms with Crippen molar-refractivity contribution < 1.29 is 27.4 Å². The molecule has 0 amide bonds. The van der Waals surface area contributed by atoms with Gasteiger partial charge >= 0.3 is 6.36 Å². The summed E-state index contributed by atoms with van der Waals surface area (Å²) >= 11 is 1.25. The second-order valence-corrected chi connectivity index (χ2v) is 4.90. The van der Waals surface area contributed by atoms with E-state index in [2.05, 4.69) is 15.3 Å². The Morgan fingerprint density at radius 2 is 1.95 bits per heavy atom. The van der Waals surface area contributed by atoms with Gasteiger partial charge in [0.25, 0.3) is 5.23 Å². The molecular weight excluding hydrogens is 297 g/mol. The molecule has 0 spiro atoms. The van der Waals surface area contributed by atoms with Crippen molar-refractivity contribution in [1.29, 1.82) is 0 Å². The molecule has 0 saturated carbocycles. The molecule has 0 aromatic heterocycles. The molecule has 1 N–H and O–H groups in total. The van der Waals surface area contributed by atoms with Gasteiger partial charge in [0.15, 0.2) is 12.2 Å². The summed E-state index contributed by atoms with van der Waals surface area (Å²) in [5, 5.41) is 4.31. The molecule has 5 nitrogen and oxygen atoms in total. The lowest BCUT2D eigenvalue weighted by Crippen LogP contribution is -2.17. The Balaban J connectivity index is 1.86. The molecule has 0 aliphatic carbocycles. The van der Waals surface area contributed by atoms with Gasteiger partial charge in [-0.15, -0.1) is 18.3 Å². The maximum atomic E-state index is 12.0. The highest BCUT2D eigenvalue weighted by molar-refractivity contribution is 8.13. The third-order valence-corrected chi connectivity index (χ3v) is 2.90. The van der Waals surface area contributed by atoms with Crippen molar-refractivity contribution in [2.45, 2.75) is 18.7 Å². The average Bonchev–Trinajstić information content (AvgIpc) is 2.82. The fraction of sp³-hybridized carbons (Fsp3) is 0.364. The van der Waals surface area contributed by atoms with Crippen LogP contribution in [0.2, 0.25) is 0 Å². The molecule has 2 rings (SSSR count). The summed E-state index contributed by atoms with van der Waals surface area (Å²) < 4.78 is 50.3. The maximum Gasteiger partial charge on any atom is 0.573 e. The van der Waals surface area contributed by atoms with E-state index in [0.717, 1.165) is 0 Å². The fourth-order valence-electron chi connectivity index (χ4n) is 1.36. The van der Waals surface area contributed by atoms with Crippen molar-refractivity contribution in [1.82, 2.24) is 5.43 Å². The predicted molar refractivity (Wildman–Crippen MR) is 67.3 cm³/mol. The van der Waals surface area contributed by atoms with Crippen LogP contribution in [0, 0.1) is 0 Å². The van der Waals surface area contributed by atoms with Crippen molar-refractivity contribution in [3.05, 3.63) is 24.3 Å². The monoisotopic (exact) mass is 308 g/mol. The lowest BCUT2D eigenvalue weighted by molar-refractivity contribution is -0.274. The van der Waals surface area contributed by atoms with Crippen LogP contribution in [0.15, 0.2) is 29.4 Å². The minimum absolute atomic E-state index is 0.294. The molecule has 1 aromatic rings. The Kier molecular flexibility index (Phi) is 4.48. The molecule has 0 saturated heterocycles. The minimum atomic E-state index is -4.70. The van der Waals surface area contributed by atoms with E-state index in [1.165, 1.54) is 36.0 Å². The Morgan fingerprint density at radius 1 is 1.30 bits per heavy atom. The summed E-state index contributed by atoms with van der Waals surface area (Å²) in [7, 11) is 0. The van der Waals surface area contributed by atoms with Gasteiger partial charge in [-0.25, -0.2) is 0 Å². The molecule has 0 fully saturated rings. The molecule has 0 bridgehead atoms. The highest BCUT2D eigenvalue weighted by Crippen LogP contribution is 2.26. The molecule has 1 aliphatic heterocycles. The standard InChI is InChI=1S/C11H11F3N2O3S/c1-7(20-10-16-15-6-17-10)18-8-2-4-9(5-3-8)19-11(12,13)14/h2-5,7,15H,6H2,1H3. The number of rotatable bonds is 4. The van der Waals surface area contributed by atoms with Crippen LogP contribution in [0.1, 0.15) is 6.92 Å². The van der Waals surface area contributed by atoms with Crippen LogP contribution >= 0.6 is 11.8 Å². The van der Waals surface area contributed by atoms with Gasteiger partial charge in [-0.3, -0.25) is 5.43 Å². The summed E-state index contributed by atoms with van der Waals surface area (Å²) in [5.74, 6) is 0.129. The Morgan fingerprint density at radius 3 is 2.50 bits per heavy atom. The van der Waals surface area contributed by atoms with E-state index in [0.29, 0.717) is 17.7 Å². The van der Waals surface area contributed by atoms with Gasteiger partial charge in [0.1, 0.15) is 11.5 Å². The Labute approximate surface area is 117 Å². The molecule has 0 radical (unpaired) electrons. The highest BCUT2D eigenvalue weighted by atomic mass is 32.2. The number of benzene rings is 1. The van der Waals surface area contributed by atoms with Crippen molar-refractivity contribution >= 4 is 17.0 Å². The average molecular weight is 308 g/mol. The Hall–Kier alpha value is -1.77. The lowest BCUT2D eigenvalue weighted by Gasteiger charge is -2.14. The largest absolute Gasteiger partial charge is 0.573 e. The van der Waals surface area contributed by atoms with E-state index >= 15 is 0 Å². The van der Waals surface area contributed by atoms with Crippen molar-refractivity contribution in [3.8, 4) is 11.5 Å². The van der Waals surface area contributed by atoms with Gasteiger partial charge in [0.2, 0.25) is 0 Å². The number of hydrogen-bond donors (Lipinski definition) is 1. The number of alkyl halides is 3. The van der Waals surface area contributed by atoms with Crippen LogP contribution in [0.3, 0.4) is 0 Å².